The zero-order chi connectivity index (χ0) is 12.6. The van der Waals surface area contributed by atoms with E-state index in [2.05, 4.69) is 42.2 Å². The Morgan fingerprint density at radius 2 is 2.06 bits per heavy atom. The number of hydrogen-bond acceptors (Lipinski definition) is 2. The average molecular weight is 244 g/mol. The normalized spacial score (nSPS) is 30.6. The van der Waals surface area contributed by atoms with Crippen LogP contribution in [-0.4, -0.2) is 29.6 Å². The van der Waals surface area contributed by atoms with Gasteiger partial charge in [-0.25, -0.2) is 0 Å². The molecule has 1 aliphatic carbocycles. The Balaban J connectivity index is 1.77. The van der Waals surface area contributed by atoms with Crippen molar-refractivity contribution in [2.75, 3.05) is 13.1 Å². The van der Waals surface area contributed by atoms with Gasteiger partial charge in [-0.05, 0) is 44.1 Å². The number of likely N-dealkylation sites (tertiary alicyclic amines) is 1. The minimum absolute atomic E-state index is 0.140. The molecule has 18 heavy (non-hydrogen) atoms. The summed E-state index contributed by atoms with van der Waals surface area (Å²) in [6.45, 7) is 4.37. The molecular formula is C16H24N2. The van der Waals surface area contributed by atoms with E-state index in [1.54, 1.807) is 0 Å². The number of rotatable bonds is 4. The van der Waals surface area contributed by atoms with Gasteiger partial charge in [-0.3, -0.25) is 4.90 Å². The lowest BCUT2D eigenvalue weighted by atomic mass is 9.89. The van der Waals surface area contributed by atoms with Gasteiger partial charge in [0.25, 0.3) is 0 Å². The molecule has 0 aromatic heterocycles. The topological polar surface area (TPSA) is 29.3 Å². The molecular weight excluding hydrogens is 220 g/mol. The van der Waals surface area contributed by atoms with Crippen molar-refractivity contribution in [1.82, 2.24) is 4.90 Å². The Labute approximate surface area is 110 Å². The lowest BCUT2D eigenvalue weighted by Gasteiger charge is -2.43. The van der Waals surface area contributed by atoms with Gasteiger partial charge in [0.2, 0.25) is 0 Å². The summed E-state index contributed by atoms with van der Waals surface area (Å²) in [5.41, 5.74) is 7.68. The molecule has 2 nitrogen and oxygen atoms in total. The summed E-state index contributed by atoms with van der Waals surface area (Å²) in [6.07, 6.45) is 5.31. The third-order valence-electron chi connectivity index (χ3n) is 4.97. The van der Waals surface area contributed by atoms with Crippen LogP contribution in [0.15, 0.2) is 30.3 Å². The van der Waals surface area contributed by atoms with Crippen LogP contribution in [0, 0.1) is 5.92 Å². The second-order valence-electron chi connectivity index (χ2n) is 6.35. The summed E-state index contributed by atoms with van der Waals surface area (Å²) < 4.78 is 0. The van der Waals surface area contributed by atoms with Gasteiger partial charge < -0.3 is 5.73 Å². The zero-order valence-corrected chi connectivity index (χ0v) is 11.3. The highest BCUT2D eigenvalue weighted by Crippen LogP contribution is 2.41. The lowest BCUT2D eigenvalue weighted by molar-refractivity contribution is 0.0746. The predicted molar refractivity (Wildman–Crippen MR) is 75.4 cm³/mol. The van der Waals surface area contributed by atoms with Crippen LogP contribution in [0.1, 0.15) is 31.7 Å². The van der Waals surface area contributed by atoms with Gasteiger partial charge in [0.15, 0.2) is 0 Å². The van der Waals surface area contributed by atoms with Gasteiger partial charge >= 0.3 is 0 Å². The summed E-state index contributed by atoms with van der Waals surface area (Å²) in [6, 6.07) is 11.6. The highest BCUT2D eigenvalue weighted by Gasteiger charge is 2.45. The standard InChI is InChI=1S/C16H24N2/c1-16(12-17,10-13-5-3-2-4-6-13)18-11-14-7-8-15(18)9-14/h2-6,14-15H,7-12,17H2,1H3. The van der Waals surface area contributed by atoms with Crippen LogP contribution in [-0.2, 0) is 6.42 Å². The van der Waals surface area contributed by atoms with Crippen molar-refractivity contribution in [3.05, 3.63) is 35.9 Å². The van der Waals surface area contributed by atoms with Gasteiger partial charge in [0, 0.05) is 24.7 Å². The largest absolute Gasteiger partial charge is 0.329 e. The molecule has 0 radical (unpaired) electrons. The first kappa shape index (κ1) is 12.2. The fraction of sp³-hybridized carbons (Fsp3) is 0.625. The number of fused-ring (bicyclic) bond motifs is 2. The molecule has 1 heterocycles. The molecule has 0 amide bonds. The molecule has 0 spiro atoms. The van der Waals surface area contributed by atoms with Gasteiger partial charge in [-0.15, -0.1) is 0 Å². The Morgan fingerprint density at radius 3 is 2.61 bits per heavy atom. The van der Waals surface area contributed by atoms with E-state index in [1.807, 2.05) is 0 Å². The van der Waals surface area contributed by atoms with Crippen LogP contribution in [0.5, 0.6) is 0 Å². The summed E-state index contributed by atoms with van der Waals surface area (Å²) in [5, 5.41) is 0. The van der Waals surface area contributed by atoms with Crippen molar-refractivity contribution < 1.29 is 0 Å². The van der Waals surface area contributed by atoms with E-state index in [0.29, 0.717) is 0 Å². The molecule has 2 heteroatoms. The average Bonchev–Trinajstić information content (AvgIpc) is 3.02. The van der Waals surface area contributed by atoms with Gasteiger partial charge in [-0.1, -0.05) is 30.3 Å². The van der Waals surface area contributed by atoms with E-state index >= 15 is 0 Å². The van der Waals surface area contributed by atoms with Gasteiger partial charge in [-0.2, -0.15) is 0 Å². The molecule has 2 aliphatic rings. The SMILES string of the molecule is CC(CN)(Cc1ccccc1)N1CC2CCC1C2. The van der Waals surface area contributed by atoms with E-state index < -0.39 is 0 Å². The summed E-state index contributed by atoms with van der Waals surface area (Å²) in [4.78, 5) is 2.70. The minimum atomic E-state index is 0.140. The first-order valence-electron chi connectivity index (χ1n) is 7.22. The highest BCUT2D eigenvalue weighted by atomic mass is 15.3. The fourth-order valence-electron chi connectivity index (χ4n) is 3.91. The van der Waals surface area contributed by atoms with Gasteiger partial charge in [0.05, 0.1) is 0 Å². The quantitative estimate of drug-likeness (QED) is 0.881. The molecule has 1 aromatic rings. The van der Waals surface area contributed by atoms with Crippen molar-refractivity contribution in [2.24, 2.45) is 11.7 Å². The molecule has 3 atom stereocenters. The Kier molecular flexibility index (Phi) is 3.16. The molecule has 3 unspecified atom stereocenters. The number of nitrogens with zero attached hydrogens (tertiary/aromatic N) is 1. The maximum Gasteiger partial charge on any atom is 0.0346 e. The molecule has 1 aromatic carbocycles. The van der Waals surface area contributed by atoms with E-state index in [0.717, 1.165) is 24.9 Å². The third kappa shape index (κ3) is 2.08. The zero-order valence-electron chi connectivity index (χ0n) is 11.3. The monoisotopic (exact) mass is 244 g/mol. The van der Waals surface area contributed by atoms with E-state index in [4.69, 9.17) is 5.73 Å². The predicted octanol–water partition coefficient (Wildman–Crippen LogP) is 2.43. The second-order valence-corrected chi connectivity index (χ2v) is 6.35. The van der Waals surface area contributed by atoms with Crippen LogP contribution in [0.3, 0.4) is 0 Å². The number of benzene rings is 1. The van der Waals surface area contributed by atoms with E-state index in [-0.39, 0.29) is 5.54 Å². The van der Waals surface area contributed by atoms with Gasteiger partial charge in [0.1, 0.15) is 0 Å². The lowest BCUT2D eigenvalue weighted by Crippen LogP contribution is -2.56. The molecule has 3 rings (SSSR count). The second kappa shape index (κ2) is 4.67. The molecule has 1 saturated carbocycles. The highest BCUT2D eigenvalue weighted by molar-refractivity contribution is 5.19. The molecule has 98 valence electrons. The Hall–Kier alpha value is -0.860. The van der Waals surface area contributed by atoms with E-state index in [1.165, 1.54) is 31.4 Å². The van der Waals surface area contributed by atoms with Crippen molar-refractivity contribution in [3.63, 3.8) is 0 Å². The maximum atomic E-state index is 6.12. The van der Waals surface area contributed by atoms with Crippen molar-refractivity contribution in [2.45, 2.75) is 44.2 Å². The van der Waals surface area contributed by atoms with Crippen LogP contribution in [0.25, 0.3) is 0 Å². The third-order valence-corrected chi connectivity index (χ3v) is 4.97. The summed E-state index contributed by atoms with van der Waals surface area (Å²) in [5.74, 6) is 0.941. The smallest absolute Gasteiger partial charge is 0.0346 e. The summed E-state index contributed by atoms with van der Waals surface area (Å²) in [7, 11) is 0. The van der Waals surface area contributed by atoms with Crippen LogP contribution in [0.4, 0.5) is 0 Å². The molecule has 1 saturated heterocycles. The Bertz CT molecular complexity index is 403. The molecule has 1 aliphatic heterocycles. The van der Waals surface area contributed by atoms with E-state index in [9.17, 15) is 0 Å². The first-order valence-corrected chi connectivity index (χ1v) is 7.22. The molecule has 2 fully saturated rings. The molecule has 2 bridgehead atoms. The number of nitrogens with two attached hydrogens (primary N) is 1. The van der Waals surface area contributed by atoms with Crippen molar-refractivity contribution >= 4 is 0 Å². The van der Waals surface area contributed by atoms with Crippen LogP contribution < -0.4 is 5.73 Å². The summed E-state index contributed by atoms with van der Waals surface area (Å²) >= 11 is 0. The number of piperidine rings is 1. The fourth-order valence-corrected chi connectivity index (χ4v) is 3.91. The van der Waals surface area contributed by atoms with Crippen LogP contribution in [0.2, 0.25) is 0 Å². The van der Waals surface area contributed by atoms with Crippen molar-refractivity contribution in [1.29, 1.82) is 0 Å². The number of hydrogen-bond donors (Lipinski definition) is 1. The Morgan fingerprint density at radius 1 is 1.28 bits per heavy atom. The van der Waals surface area contributed by atoms with Crippen molar-refractivity contribution in [3.8, 4) is 0 Å². The molecule has 2 N–H and O–H groups in total. The maximum absolute atomic E-state index is 6.12. The van der Waals surface area contributed by atoms with Crippen LogP contribution >= 0.6 is 0 Å². The minimum Gasteiger partial charge on any atom is -0.329 e. The first-order chi connectivity index (χ1) is 8.71.